The van der Waals surface area contributed by atoms with Crippen molar-refractivity contribution in [2.45, 2.75) is 90.1 Å². The summed E-state index contributed by atoms with van der Waals surface area (Å²) in [6, 6.07) is 14.6. The number of imidazole rings is 1. The van der Waals surface area contributed by atoms with Crippen LogP contribution >= 0.6 is 0 Å². The van der Waals surface area contributed by atoms with Crippen molar-refractivity contribution in [3.63, 3.8) is 0 Å². The van der Waals surface area contributed by atoms with Crippen molar-refractivity contribution in [1.82, 2.24) is 14.9 Å². The number of aromatic nitrogens is 2. The Bertz CT molecular complexity index is 1300. The number of fused-ring (bicyclic) bond motifs is 1. The van der Waals surface area contributed by atoms with Crippen LogP contribution in [0.1, 0.15) is 73.6 Å². The van der Waals surface area contributed by atoms with Crippen LogP contribution in [0, 0.1) is 0 Å². The first-order valence-corrected chi connectivity index (χ1v) is 13.1. The number of ether oxygens (including phenoxy) is 1. The van der Waals surface area contributed by atoms with Crippen LogP contribution in [0.3, 0.4) is 0 Å². The maximum Gasteiger partial charge on any atom is 0.494 e. The third-order valence-electron chi connectivity index (χ3n) is 8.18. The van der Waals surface area contributed by atoms with Crippen LogP contribution in [-0.4, -0.2) is 51.9 Å². The molecule has 0 unspecified atom stereocenters. The van der Waals surface area contributed by atoms with E-state index in [4.69, 9.17) is 19.0 Å². The molecule has 1 aromatic heterocycles. The number of H-pyrrole nitrogens is 1. The van der Waals surface area contributed by atoms with Gasteiger partial charge < -0.3 is 19.0 Å². The third-order valence-corrected chi connectivity index (χ3v) is 8.18. The standard InChI is InChI=1S/C29H38BN3O4/c1-26(2,3)35-25(34)33(8)29(16-9-17-29)24-31-22-15-12-20(18-23(22)32-24)19-10-13-21(14-11-19)30-36-27(4,5)28(6,7)37-30/h10-15,18H,9,16-17H2,1-8H3,(H,31,32). The summed E-state index contributed by atoms with van der Waals surface area (Å²) < 4.78 is 18.0. The van der Waals surface area contributed by atoms with Crippen molar-refractivity contribution in [2.24, 2.45) is 0 Å². The number of benzene rings is 2. The summed E-state index contributed by atoms with van der Waals surface area (Å²) in [4.78, 5) is 23.0. The number of nitrogens with one attached hydrogen (secondary N) is 1. The van der Waals surface area contributed by atoms with Gasteiger partial charge in [0.15, 0.2) is 0 Å². The molecule has 8 heteroatoms. The third kappa shape index (κ3) is 4.55. The summed E-state index contributed by atoms with van der Waals surface area (Å²) in [6.45, 7) is 13.9. The van der Waals surface area contributed by atoms with E-state index in [1.165, 1.54) is 0 Å². The Balaban J connectivity index is 1.38. The van der Waals surface area contributed by atoms with Crippen LogP contribution in [0.2, 0.25) is 0 Å². The Labute approximate surface area is 220 Å². The number of aromatic amines is 1. The number of hydrogen-bond acceptors (Lipinski definition) is 5. The van der Waals surface area contributed by atoms with Gasteiger partial charge in [0.25, 0.3) is 0 Å². The molecule has 1 saturated heterocycles. The van der Waals surface area contributed by atoms with Gasteiger partial charge in [-0.25, -0.2) is 9.78 Å². The van der Waals surface area contributed by atoms with Gasteiger partial charge in [-0.15, -0.1) is 0 Å². The quantitative estimate of drug-likeness (QED) is 0.457. The van der Waals surface area contributed by atoms with E-state index in [9.17, 15) is 4.79 Å². The average molecular weight is 503 g/mol. The zero-order valence-corrected chi connectivity index (χ0v) is 23.3. The van der Waals surface area contributed by atoms with Gasteiger partial charge in [0.1, 0.15) is 17.0 Å². The zero-order chi connectivity index (χ0) is 26.8. The predicted molar refractivity (Wildman–Crippen MR) is 147 cm³/mol. The molecule has 0 atom stereocenters. The van der Waals surface area contributed by atoms with Gasteiger partial charge >= 0.3 is 13.2 Å². The van der Waals surface area contributed by atoms with E-state index in [1.54, 1.807) is 4.90 Å². The summed E-state index contributed by atoms with van der Waals surface area (Å²) in [7, 11) is 1.43. The molecule has 0 spiro atoms. The van der Waals surface area contributed by atoms with Gasteiger partial charge in [0, 0.05) is 7.05 Å². The first-order valence-electron chi connectivity index (χ1n) is 13.1. The predicted octanol–water partition coefficient (Wildman–Crippen LogP) is 5.78. The van der Waals surface area contributed by atoms with E-state index in [1.807, 2.05) is 27.8 Å². The molecule has 7 nitrogen and oxygen atoms in total. The van der Waals surface area contributed by atoms with E-state index >= 15 is 0 Å². The van der Waals surface area contributed by atoms with Crippen LogP contribution in [-0.2, 0) is 19.6 Å². The Hall–Kier alpha value is -2.84. The molecule has 2 aromatic carbocycles. The SMILES string of the molecule is CN(C(=O)OC(C)(C)C)C1(c2nc3cc(-c4ccc(B5OC(C)(C)C(C)(C)O5)cc4)ccc3[nH]2)CCC1. The summed E-state index contributed by atoms with van der Waals surface area (Å²) in [5.41, 5.74) is 3.27. The maximum absolute atomic E-state index is 12.9. The number of rotatable bonds is 4. The van der Waals surface area contributed by atoms with E-state index < -0.39 is 11.1 Å². The smallest absolute Gasteiger partial charge is 0.444 e. The second kappa shape index (κ2) is 8.60. The van der Waals surface area contributed by atoms with Crippen molar-refractivity contribution in [2.75, 3.05) is 7.05 Å². The first kappa shape index (κ1) is 25.8. The van der Waals surface area contributed by atoms with E-state index in [-0.39, 0.29) is 24.4 Å². The Kier molecular flexibility index (Phi) is 6.00. The summed E-state index contributed by atoms with van der Waals surface area (Å²) >= 11 is 0. The molecule has 1 aliphatic heterocycles. The second-order valence-corrected chi connectivity index (χ2v) is 12.5. The van der Waals surface area contributed by atoms with Crippen molar-refractivity contribution in [1.29, 1.82) is 0 Å². The van der Waals surface area contributed by atoms with Crippen LogP contribution in [0.5, 0.6) is 0 Å². The molecule has 2 heterocycles. The Morgan fingerprint density at radius 3 is 2.14 bits per heavy atom. The van der Waals surface area contributed by atoms with Crippen LogP contribution in [0.25, 0.3) is 22.2 Å². The summed E-state index contributed by atoms with van der Waals surface area (Å²) in [6.07, 6.45) is 2.44. The molecule has 196 valence electrons. The molecule has 1 saturated carbocycles. The fourth-order valence-electron chi connectivity index (χ4n) is 4.97. The van der Waals surface area contributed by atoms with Gasteiger partial charge in [-0.05, 0) is 96.5 Å². The molecular formula is C29H38BN3O4. The van der Waals surface area contributed by atoms with Crippen molar-refractivity contribution < 1.29 is 18.8 Å². The molecule has 5 rings (SSSR count). The van der Waals surface area contributed by atoms with Gasteiger partial charge in [-0.3, -0.25) is 4.90 Å². The Morgan fingerprint density at radius 1 is 1.00 bits per heavy atom. The number of carbonyl (C=O) groups excluding carboxylic acids is 1. The van der Waals surface area contributed by atoms with E-state index in [0.717, 1.165) is 52.7 Å². The highest BCUT2D eigenvalue weighted by atomic mass is 16.7. The summed E-state index contributed by atoms with van der Waals surface area (Å²) in [5, 5.41) is 0. The van der Waals surface area contributed by atoms with Gasteiger partial charge in [-0.1, -0.05) is 30.3 Å². The molecule has 1 aliphatic carbocycles. The minimum atomic E-state index is -0.545. The molecule has 2 fully saturated rings. The average Bonchev–Trinajstić information content (AvgIpc) is 3.28. The Morgan fingerprint density at radius 2 is 1.59 bits per heavy atom. The molecule has 0 radical (unpaired) electrons. The zero-order valence-electron chi connectivity index (χ0n) is 23.3. The fourth-order valence-corrected chi connectivity index (χ4v) is 4.97. The number of hydrogen-bond donors (Lipinski definition) is 1. The minimum Gasteiger partial charge on any atom is -0.444 e. The number of nitrogens with zero attached hydrogens (tertiary/aromatic N) is 2. The maximum atomic E-state index is 12.9. The van der Waals surface area contributed by atoms with Crippen LogP contribution < -0.4 is 5.46 Å². The summed E-state index contributed by atoms with van der Waals surface area (Å²) in [5.74, 6) is 0.815. The lowest BCUT2D eigenvalue weighted by Gasteiger charge is -2.46. The normalized spacial score (nSPS) is 20.1. The lowest BCUT2D eigenvalue weighted by atomic mass is 9.75. The highest BCUT2D eigenvalue weighted by Crippen LogP contribution is 2.46. The minimum absolute atomic E-state index is 0.324. The highest BCUT2D eigenvalue weighted by molar-refractivity contribution is 6.62. The molecule has 1 N–H and O–H groups in total. The largest absolute Gasteiger partial charge is 0.494 e. The monoisotopic (exact) mass is 503 g/mol. The van der Waals surface area contributed by atoms with Crippen molar-refractivity contribution in [3.8, 4) is 11.1 Å². The molecule has 2 aliphatic rings. The highest BCUT2D eigenvalue weighted by Gasteiger charge is 2.51. The fraction of sp³-hybridized carbons (Fsp3) is 0.517. The van der Waals surface area contributed by atoms with Gasteiger partial charge in [-0.2, -0.15) is 0 Å². The molecule has 0 bridgehead atoms. The first-order chi connectivity index (χ1) is 17.2. The molecule has 1 amide bonds. The molecular weight excluding hydrogens is 465 g/mol. The van der Waals surface area contributed by atoms with E-state index in [0.29, 0.717) is 0 Å². The molecule has 3 aromatic rings. The van der Waals surface area contributed by atoms with E-state index in [2.05, 4.69) is 75.1 Å². The number of amides is 1. The lowest BCUT2D eigenvalue weighted by molar-refractivity contribution is -0.0212. The van der Waals surface area contributed by atoms with Crippen molar-refractivity contribution in [3.05, 3.63) is 48.3 Å². The lowest BCUT2D eigenvalue weighted by Crippen LogP contribution is -2.53. The van der Waals surface area contributed by atoms with Gasteiger partial charge in [0.2, 0.25) is 0 Å². The van der Waals surface area contributed by atoms with Gasteiger partial charge in [0.05, 0.1) is 22.2 Å². The molecule has 37 heavy (non-hydrogen) atoms. The topological polar surface area (TPSA) is 76.7 Å². The van der Waals surface area contributed by atoms with Crippen LogP contribution in [0.4, 0.5) is 4.79 Å². The number of carbonyl (C=O) groups is 1. The van der Waals surface area contributed by atoms with Crippen LogP contribution in [0.15, 0.2) is 42.5 Å². The second-order valence-electron chi connectivity index (χ2n) is 12.5. The van der Waals surface area contributed by atoms with Crippen molar-refractivity contribution >= 4 is 29.7 Å².